The molecule has 0 atom stereocenters. The van der Waals surface area contributed by atoms with Gasteiger partial charge in [0.15, 0.2) is 0 Å². The number of anilines is 1. The second-order valence-corrected chi connectivity index (χ2v) is 7.79. The third kappa shape index (κ3) is 6.16. The molecule has 0 aliphatic rings. The Morgan fingerprint density at radius 3 is 2.66 bits per heavy atom. The molecule has 160 valence electrons. The van der Waals surface area contributed by atoms with E-state index in [0.29, 0.717) is 29.0 Å². The highest BCUT2D eigenvalue weighted by Gasteiger charge is 2.11. The molecule has 0 unspecified atom stereocenters. The molecular weight excluding hydrogens is 471 g/mol. The number of nitrogens with one attached hydrogen (secondary N) is 1. The fourth-order valence-corrected chi connectivity index (χ4v) is 3.40. The number of halogens is 2. The van der Waals surface area contributed by atoms with E-state index in [0.717, 1.165) is 10.0 Å². The third-order valence-electron chi connectivity index (χ3n) is 4.55. The van der Waals surface area contributed by atoms with Crippen LogP contribution in [-0.2, 0) is 17.8 Å². The van der Waals surface area contributed by atoms with Crippen molar-refractivity contribution in [3.05, 3.63) is 112 Å². The van der Waals surface area contributed by atoms with Crippen LogP contribution in [0.3, 0.4) is 0 Å². The lowest BCUT2D eigenvalue weighted by Crippen LogP contribution is -2.13. The van der Waals surface area contributed by atoms with Crippen LogP contribution in [0.25, 0.3) is 6.08 Å². The maximum Gasteiger partial charge on any atom is 0.266 e. The van der Waals surface area contributed by atoms with Crippen molar-refractivity contribution in [2.24, 2.45) is 0 Å². The fourth-order valence-electron chi connectivity index (χ4n) is 3.00. The first-order chi connectivity index (χ1) is 15.5. The van der Waals surface area contributed by atoms with E-state index in [9.17, 15) is 14.4 Å². The highest BCUT2D eigenvalue weighted by molar-refractivity contribution is 9.10. The molecule has 0 aliphatic carbocycles. The zero-order chi connectivity index (χ0) is 22.9. The van der Waals surface area contributed by atoms with E-state index in [1.54, 1.807) is 54.6 Å². The number of benzene rings is 3. The maximum atomic E-state index is 13.9. The van der Waals surface area contributed by atoms with E-state index in [1.165, 1.54) is 12.1 Å². The summed E-state index contributed by atoms with van der Waals surface area (Å²) in [6, 6.07) is 20.8. The lowest BCUT2D eigenvalue weighted by molar-refractivity contribution is -0.112. The SMILES string of the molecule is C=CCc1cc(/C=C(/C#N)C(=O)Nc2cccc(Br)c2)ccc1OCc1ccccc1F. The molecular formula is C26H20BrFN2O2. The first-order valence-corrected chi connectivity index (χ1v) is 10.6. The Labute approximate surface area is 194 Å². The van der Waals surface area contributed by atoms with Crippen LogP contribution in [-0.4, -0.2) is 5.91 Å². The lowest BCUT2D eigenvalue weighted by Gasteiger charge is -2.12. The molecule has 3 aromatic rings. The Hall–Kier alpha value is -3.69. The normalized spacial score (nSPS) is 10.8. The number of hydrogen-bond acceptors (Lipinski definition) is 3. The molecule has 3 aromatic carbocycles. The Morgan fingerprint density at radius 2 is 1.94 bits per heavy atom. The molecule has 0 saturated heterocycles. The van der Waals surface area contributed by atoms with Crippen LogP contribution in [0.2, 0.25) is 0 Å². The highest BCUT2D eigenvalue weighted by Crippen LogP contribution is 2.24. The number of hydrogen-bond donors (Lipinski definition) is 1. The minimum atomic E-state index is -0.504. The predicted octanol–water partition coefficient (Wildman–Crippen LogP) is 6.44. The van der Waals surface area contributed by atoms with Crippen LogP contribution in [0.15, 0.2) is 89.4 Å². The lowest BCUT2D eigenvalue weighted by atomic mass is 10.0. The van der Waals surface area contributed by atoms with E-state index >= 15 is 0 Å². The minimum absolute atomic E-state index is 0.0328. The summed E-state index contributed by atoms with van der Waals surface area (Å²) in [5, 5.41) is 12.2. The van der Waals surface area contributed by atoms with Gasteiger partial charge >= 0.3 is 0 Å². The minimum Gasteiger partial charge on any atom is -0.489 e. The van der Waals surface area contributed by atoms with Gasteiger partial charge in [0.25, 0.3) is 5.91 Å². The van der Waals surface area contributed by atoms with Crippen molar-refractivity contribution >= 4 is 33.6 Å². The largest absolute Gasteiger partial charge is 0.489 e. The standard InChI is InChI=1S/C26H20BrFN2O2/c1-2-6-19-13-18(11-12-25(19)32-17-20-7-3-4-10-24(20)28)14-21(16-29)26(31)30-23-9-5-8-22(27)15-23/h2-5,7-15H,1,6,17H2,(H,30,31)/b21-14-. The quantitative estimate of drug-likeness (QED) is 0.224. The number of carbonyl (C=O) groups is 1. The topological polar surface area (TPSA) is 62.1 Å². The van der Waals surface area contributed by atoms with Gasteiger partial charge in [-0.2, -0.15) is 5.26 Å². The monoisotopic (exact) mass is 490 g/mol. The van der Waals surface area contributed by atoms with Crippen LogP contribution >= 0.6 is 15.9 Å². The van der Waals surface area contributed by atoms with Crippen molar-refractivity contribution in [3.8, 4) is 11.8 Å². The van der Waals surface area contributed by atoms with Gasteiger partial charge in [0, 0.05) is 15.7 Å². The molecule has 4 nitrogen and oxygen atoms in total. The molecule has 32 heavy (non-hydrogen) atoms. The summed E-state index contributed by atoms with van der Waals surface area (Å²) in [6.07, 6.45) is 3.75. The van der Waals surface area contributed by atoms with Gasteiger partial charge in [-0.3, -0.25) is 4.79 Å². The molecule has 0 fully saturated rings. The van der Waals surface area contributed by atoms with Gasteiger partial charge in [0.05, 0.1) is 0 Å². The van der Waals surface area contributed by atoms with Gasteiger partial charge in [0.2, 0.25) is 0 Å². The second kappa shape index (κ2) is 11.1. The summed E-state index contributed by atoms with van der Waals surface area (Å²) >= 11 is 3.35. The van der Waals surface area contributed by atoms with Crippen molar-refractivity contribution in [3.63, 3.8) is 0 Å². The van der Waals surface area contributed by atoms with Gasteiger partial charge in [0.1, 0.15) is 29.8 Å². The number of allylic oxidation sites excluding steroid dienone is 1. The average molecular weight is 491 g/mol. The zero-order valence-electron chi connectivity index (χ0n) is 17.1. The summed E-state index contributed by atoms with van der Waals surface area (Å²) in [5.74, 6) is -0.245. The average Bonchev–Trinajstić information content (AvgIpc) is 2.78. The third-order valence-corrected chi connectivity index (χ3v) is 5.04. The van der Waals surface area contributed by atoms with Gasteiger partial charge in [-0.15, -0.1) is 6.58 Å². The molecule has 0 radical (unpaired) electrons. The van der Waals surface area contributed by atoms with Gasteiger partial charge < -0.3 is 10.1 Å². The van der Waals surface area contributed by atoms with Crippen molar-refractivity contribution in [1.29, 1.82) is 5.26 Å². The summed E-state index contributed by atoms with van der Waals surface area (Å²) in [5.41, 5.74) is 2.48. The van der Waals surface area contributed by atoms with E-state index in [4.69, 9.17) is 4.74 Å². The van der Waals surface area contributed by atoms with Crippen molar-refractivity contribution in [1.82, 2.24) is 0 Å². The summed E-state index contributed by atoms with van der Waals surface area (Å²) in [6.45, 7) is 3.85. The number of ether oxygens (including phenoxy) is 1. The Bertz CT molecular complexity index is 1210. The molecule has 0 bridgehead atoms. The van der Waals surface area contributed by atoms with Gasteiger partial charge in [-0.1, -0.05) is 52.3 Å². The van der Waals surface area contributed by atoms with E-state index < -0.39 is 5.91 Å². The molecule has 0 aliphatic heterocycles. The van der Waals surface area contributed by atoms with Gasteiger partial charge in [-0.05, 0) is 60.0 Å². The Morgan fingerprint density at radius 1 is 1.12 bits per heavy atom. The first-order valence-electron chi connectivity index (χ1n) is 9.79. The molecule has 6 heteroatoms. The Kier molecular flexibility index (Phi) is 7.96. The molecule has 3 rings (SSSR count). The smallest absolute Gasteiger partial charge is 0.266 e. The van der Waals surface area contributed by atoms with Crippen LogP contribution in [0.5, 0.6) is 5.75 Å². The molecule has 0 spiro atoms. The van der Waals surface area contributed by atoms with Gasteiger partial charge in [-0.25, -0.2) is 4.39 Å². The number of amides is 1. The molecule has 0 aromatic heterocycles. The van der Waals surface area contributed by atoms with E-state index in [-0.39, 0.29) is 18.0 Å². The molecule has 0 heterocycles. The zero-order valence-corrected chi connectivity index (χ0v) is 18.7. The van der Waals surface area contributed by atoms with E-state index in [2.05, 4.69) is 27.8 Å². The molecule has 1 N–H and O–H groups in total. The predicted molar refractivity (Wildman–Crippen MR) is 127 cm³/mol. The number of nitriles is 1. The number of nitrogens with zero attached hydrogens (tertiary/aromatic N) is 1. The van der Waals surface area contributed by atoms with Crippen LogP contribution < -0.4 is 10.1 Å². The van der Waals surface area contributed by atoms with Crippen LogP contribution in [0, 0.1) is 17.1 Å². The first kappa shape index (κ1) is 23.0. The van der Waals surface area contributed by atoms with Crippen LogP contribution in [0.4, 0.5) is 10.1 Å². The highest BCUT2D eigenvalue weighted by atomic mass is 79.9. The van der Waals surface area contributed by atoms with E-state index in [1.807, 2.05) is 18.2 Å². The number of carbonyl (C=O) groups excluding carboxylic acids is 1. The molecule has 0 saturated carbocycles. The van der Waals surface area contributed by atoms with Crippen molar-refractivity contribution in [2.75, 3.05) is 5.32 Å². The summed E-state index contributed by atoms with van der Waals surface area (Å²) in [4.78, 5) is 12.5. The maximum absolute atomic E-state index is 13.9. The van der Waals surface area contributed by atoms with Crippen LogP contribution in [0.1, 0.15) is 16.7 Å². The number of rotatable bonds is 8. The summed E-state index contributed by atoms with van der Waals surface area (Å²) < 4.78 is 20.5. The van der Waals surface area contributed by atoms with Crippen molar-refractivity contribution < 1.29 is 13.9 Å². The second-order valence-electron chi connectivity index (χ2n) is 6.87. The summed E-state index contributed by atoms with van der Waals surface area (Å²) in [7, 11) is 0. The fraction of sp³-hybridized carbons (Fsp3) is 0.0769. The van der Waals surface area contributed by atoms with Crippen molar-refractivity contribution in [2.45, 2.75) is 13.0 Å². The Balaban J connectivity index is 1.80. The molecule has 1 amide bonds.